The van der Waals surface area contributed by atoms with Gasteiger partial charge in [-0.1, -0.05) is 64.8 Å². The van der Waals surface area contributed by atoms with Gasteiger partial charge in [-0.15, -0.1) is 0 Å². The number of benzene rings is 3. The Bertz CT molecular complexity index is 4130. The lowest BCUT2D eigenvalue weighted by Crippen LogP contribution is -2.46. The van der Waals surface area contributed by atoms with E-state index in [1.807, 2.05) is 62.4 Å². The third-order valence-corrected chi connectivity index (χ3v) is 17.9. The lowest BCUT2D eigenvalue weighted by Gasteiger charge is -2.14. The number of hydrogen-bond donors (Lipinski definition) is 16. The van der Waals surface area contributed by atoms with E-state index in [-0.39, 0.29) is 111 Å². The van der Waals surface area contributed by atoms with Gasteiger partial charge in [0.2, 0.25) is 11.9 Å². The summed E-state index contributed by atoms with van der Waals surface area (Å²) in [6.07, 6.45) is 15.3. The molecule has 3 aromatic carbocycles. The highest BCUT2D eigenvalue weighted by Gasteiger charge is 2.21. The van der Waals surface area contributed by atoms with E-state index in [0.717, 1.165) is 102 Å². The first-order chi connectivity index (χ1) is 60.2. The molecule has 0 aliphatic carbocycles. The van der Waals surface area contributed by atoms with Crippen LogP contribution in [0.1, 0.15) is 174 Å². The largest absolute Gasteiger partial charge is 0.481 e. The number of amides is 10. The number of halogens is 2. The Balaban J connectivity index is -0.00000154. The van der Waals surface area contributed by atoms with Crippen LogP contribution in [0.4, 0.5) is 33.6 Å². The van der Waals surface area contributed by atoms with Gasteiger partial charge in [0.25, 0.3) is 11.8 Å². The third-order valence-electron chi connectivity index (χ3n) is 15.7. The number of unbranched alkanes of at least 4 members (excludes halogenated alkanes) is 5. The molecule has 40 nitrogen and oxygen atoms in total. The molecular weight excluding hydrogens is 1700 g/mol. The Morgan fingerprint density at radius 1 is 0.437 bits per heavy atom. The van der Waals surface area contributed by atoms with Crippen LogP contribution in [0, 0.1) is 25.7 Å². The van der Waals surface area contributed by atoms with E-state index in [1.165, 1.54) is 30.1 Å². The highest BCUT2D eigenvalue weighted by molar-refractivity contribution is 7.98. The maximum Gasteiger partial charge on any atom is 0.373 e. The fraction of sp³-hybridized carbons (Fsp3) is 0.451. The second kappa shape index (κ2) is 78.6. The first-order valence-electron chi connectivity index (χ1n) is 39.0. The van der Waals surface area contributed by atoms with Crippen molar-refractivity contribution in [1.82, 2.24) is 63.1 Å². The summed E-state index contributed by atoms with van der Waals surface area (Å²) >= 11 is 3.29. The van der Waals surface area contributed by atoms with Gasteiger partial charge < -0.3 is 83.5 Å². The fourth-order valence-corrected chi connectivity index (χ4v) is 11.2. The quantitative estimate of drug-likeness (QED) is 0.00758. The molecule has 10 amide bonds. The predicted molar refractivity (Wildman–Crippen MR) is 455 cm³/mol. The molecule has 44 heteroatoms. The van der Waals surface area contributed by atoms with Crippen LogP contribution < -0.4 is 58.6 Å². The standard InChI is InChI=1S/C26H35N5O4.C21H32N4O5.C16H24FN3O3S.C15H20FN3O5S.4CO2/c1-19-6-9-21(10-7-19)18-29-31-23-13-11-22(12-14-23)25(34)27-16-4-3-5-17-28-26(35)30-20(2)8-15-24(32)33;1-16-6-9-18(10-7-16)14-24-30-15-19(26)22-12-4-3-5-13-23-21(29)25-17(2)8-11-20(27)28;1-12(4-5-15(21)22)20-16(23)19-7-2-3-9-24-11-13-6-8-18-14(17)10-13;16-12-8-10(4-6-17-12)9-25-7-1-5-18-15(24)19-11(14(22)23)2-3-13(20)21;4*2-1-3/h6-7,9-14,18,20,31H,3-5,8,15-17H2,1-2H3,(H,27,34)(H,32,33)(H2,28,30,35);6-7,9-10,14,17H,3-5,8,11-13,15H2,1-2H3,(H,22,26)(H,27,28)(H2,23,25,29);6,8,10,12H,2-5,7,9,11H2,1H3,(H,21,22)(H2,19,20,23);4,6,8,11H,1-3,5,7,9H2,(H,20,21)(H,22,23)(H2,18,19,24);;;;/b29-18+;;;;;;;/i;;17-1;16-1;;;;. The number of rotatable bonds is 50. The first-order valence-corrected chi connectivity index (χ1v) is 41.4. The molecule has 2 heterocycles. The van der Waals surface area contributed by atoms with E-state index < -0.39 is 53.8 Å². The molecule has 0 saturated heterocycles. The molecule has 0 aliphatic rings. The van der Waals surface area contributed by atoms with Crippen LogP contribution in [0.3, 0.4) is 0 Å². The topological polar surface area (TPSA) is 618 Å². The Morgan fingerprint density at radius 2 is 0.786 bits per heavy atom. The molecule has 5 rings (SSSR count). The minimum absolute atomic E-state index is 0.0251. The summed E-state index contributed by atoms with van der Waals surface area (Å²) in [4.78, 5) is 200. The number of anilines is 1. The number of aliphatic carboxylic acids is 5. The van der Waals surface area contributed by atoms with Gasteiger partial charge in [-0.3, -0.25) is 34.2 Å². The maximum absolute atomic E-state index is 12.9. The molecule has 690 valence electrons. The summed E-state index contributed by atoms with van der Waals surface area (Å²) in [6, 6.07) is 25.9. The number of carboxylic acids is 5. The van der Waals surface area contributed by atoms with Crippen molar-refractivity contribution in [1.29, 1.82) is 0 Å². The lowest BCUT2D eigenvalue weighted by molar-refractivity contribution is -0.193. The van der Waals surface area contributed by atoms with Gasteiger partial charge in [0, 0.05) is 113 Å². The summed E-state index contributed by atoms with van der Waals surface area (Å²) in [7, 11) is 0. The molecule has 0 radical (unpaired) electrons. The number of aryl methyl sites for hydroxylation is 2. The number of nitrogens with zero attached hydrogens (tertiary/aromatic N) is 4. The molecular formula is C82H111F2N15O25S2. The van der Waals surface area contributed by atoms with E-state index in [4.69, 9.17) is 68.7 Å². The molecule has 4 atom stereocenters. The minimum atomic E-state index is -1.28. The Hall–Kier alpha value is -13.6. The van der Waals surface area contributed by atoms with Crippen molar-refractivity contribution in [2.45, 2.75) is 179 Å². The number of hydrogen-bond acceptors (Lipinski definition) is 27. The summed E-state index contributed by atoms with van der Waals surface area (Å²) in [6.45, 7) is 12.3. The van der Waals surface area contributed by atoms with E-state index in [9.17, 15) is 61.5 Å². The minimum Gasteiger partial charge on any atom is -0.481 e. The zero-order chi connectivity index (χ0) is 94.9. The van der Waals surface area contributed by atoms with Crippen molar-refractivity contribution in [3.05, 3.63) is 160 Å². The molecule has 2 aromatic heterocycles. The molecule has 16 N–H and O–H groups in total. The highest BCUT2D eigenvalue weighted by atomic mass is 32.2. The van der Waals surface area contributed by atoms with Gasteiger partial charge in [-0.2, -0.15) is 75.8 Å². The summed E-state index contributed by atoms with van der Waals surface area (Å²) < 4.78 is 25.8. The van der Waals surface area contributed by atoms with Crippen LogP contribution in [0.5, 0.6) is 0 Å². The van der Waals surface area contributed by atoms with Crippen molar-refractivity contribution in [3.8, 4) is 0 Å². The van der Waals surface area contributed by atoms with Crippen molar-refractivity contribution in [2.24, 2.45) is 10.3 Å². The average Bonchev–Trinajstić information content (AvgIpc) is 0.889. The molecule has 4 unspecified atom stereocenters. The number of carbonyl (C=O) groups is 11. The number of nitrogens with one attached hydrogen (secondary N) is 11. The molecule has 0 saturated carbocycles. The van der Waals surface area contributed by atoms with E-state index in [1.54, 1.807) is 93.1 Å². The zero-order valence-electron chi connectivity index (χ0n) is 70.4. The number of carboxylic acid groups (broad SMARTS) is 5. The normalized spacial score (nSPS) is 10.8. The number of hydrazone groups is 1. The van der Waals surface area contributed by atoms with Crippen molar-refractivity contribution in [3.63, 3.8) is 0 Å². The molecule has 0 bridgehead atoms. The van der Waals surface area contributed by atoms with Crippen molar-refractivity contribution >= 4 is 132 Å². The number of pyridine rings is 2. The second-order valence-electron chi connectivity index (χ2n) is 26.4. The summed E-state index contributed by atoms with van der Waals surface area (Å²) in [5.74, 6) is -3.33. The molecule has 5 aromatic rings. The van der Waals surface area contributed by atoms with Gasteiger partial charge in [0.15, 0.2) is 6.61 Å². The van der Waals surface area contributed by atoms with Crippen LogP contribution in [0.25, 0.3) is 0 Å². The zero-order valence-corrected chi connectivity index (χ0v) is 72.1. The Kier molecular flexibility index (Phi) is 72.7. The fourth-order valence-electron chi connectivity index (χ4n) is 9.36. The summed E-state index contributed by atoms with van der Waals surface area (Å²) in [5, 5.41) is 78.1. The van der Waals surface area contributed by atoms with Gasteiger partial charge in [0.05, 0.1) is 18.1 Å². The van der Waals surface area contributed by atoms with Crippen LogP contribution in [-0.4, -0.2) is 220 Å². The van der Waals surface area contributed by atoms with Gasteiger partial charge in [-0.05, 0) is 200 Å². The molecule has 0 fully saturated rings. The molecule has 126 heavy (non-hydrogen) atoms. The van der Waals surface area contributed by atoms with Crippen LogP contribution in [0.15, 0.2) is 120 Å². The predicted octanol–water partition coefficient (Wildman–Crippen LogP) is 7.99. The highest BCUT2D eigenvalue weighted by Crippen LogP contribution is 2.16. The van der Waals surface area contributed by atoms with Crippen molar-refractivity contribution in [2.75, 3.05) is 62.8 Å². The van der Waals surface area contributed by atoms with Crippen molar-refractivity contribution < 1.29 is 130 Å². The Labute approximate surface area is 734 Å². The SMILES string of the molecule is CC(CCC(=O)O)NC(=O)NCCCCSCc1ccnc([18F])c1.Cc1ccc(/C=N/Nc2ccc(C(=O)NCCCCCNC(=O)NC(C)CCC(=O)O)cc2)cc1.Cc1ccc(C=NOCC(=O)NCCCCCNC(=O)NC(C)CCC(=O)O)cc1.O=C(O)CCC(NC(=O)NCCCSCc1ccnc([18F])c1)C(=O)O.O=C=O.O=C=O.O=C=O.O=C=O. The van der Waals surface area contributed by atoms with Crippen LogP contribution in [-0.2, 0) is 83.5 Å². The lowest BCUT2D eigenvalue weighted by atomic mass is 10.1. The van der Waals surface area contributed by atoms with E-state index >= 15 is 0 Å². The number of urea groups is 4. The van der Waals surface area contributed by atoms with Gasteiger partial charge >= 0.3 is 78.6 Å². The maximum atomic E-state index is 12.9. The van der Waals surface area contributed by atoms with Gasteiger partial charge in [0.1, 0.15) is 6.04 Å². The molecule has 0 spiro atoms. The van der Waals surface area contributed by atoms with E-state index in [0.29, 0.717) is 76.3 Å². The van der Waals surface area contributed by atoms with Crippen LogP contribution in [0.2, 0.25) is 0 Å². The number of oxime groups is 1. The monoisotopic (exact) mass is 1810 g/mol. The number of aromatic nitrogens is 2. The van der Waals surface area contributed by atoms with Crippen LogP contribution >= 0.6 is 23.5 Å². The molecule has 0 aliphatic heterocycles. The van der Waals surface area contributed by atoms with Gasteiger partial charge in [-0.25, -0.2) is 33.9 Å². The smallest absolute Gasteiger partial charge is 0.373 e. The van der Waals surface area contributed by atoms with E-state index in [2.05, 4.69) is 78.8 Å². The first kappa shape index (κ1) is 116. The third kappa shape index (κ3) is 75.3. The summed E-state index contributed by atoms with van der Waals surface area (Å²) in [5.41, 5.74) is 10.3. The number of carbonyl (C=O) groups excluding carboxylic acids is 14. The number of thioether (sulfide) groups is 2. The average molecular weight is 1810 g/mol. The Morgan fingerprint density at radius 3 is 1.17 bits per heavy atom. The second-order valence-corrected chi connectivity index (χ2v) is 28.6.